The molecular formula is C15H32N2O2. The highest BCUT2D eigenvalue weighted by Gasteiger charge is 2.21. The molecule has 0 saturated carbocycles. The molecule has 0 amide bonds. The highest BCUT2D eigenvalue weighted by molar-refractivity contribution is 4.89. The number of aliphatic hydroxyl groups excluding tert-OH is 2. The van der Waals surface area contributed by atoms with Crippen LogP contribution in [-0.4, -0.2) is 34.6 Å². The van der Waals surface area contributed by atoms with Crippen molar-refractivity contribution in [1.82, 2.24) is 5.32 Å². The molecule has 0 bridgehead atoms. The fraction of sp³-hybridized carbons (Fsp3) is 0.867. The Hall–Kier alpha value is -0.420. The minimum atomic E-state index is -0.620. The van der Waals surface area contributed by atoms with Gasteiger partial charge in [0.1, 0.15) is 6.23 Å². The van der Waals surface area contributed by atoms with Crippen LogP contribution < -0.4 is 11.1 Å². The van der Waals surface area contributed by atoms with Crippen molar-refractivity contribution in [3.8, 4) is 0 Å². The largest absolute Gasteiger partial charge is 0.387 e. The highest BCUT2D eigenvalue weighted by Crippen LogP contribution is 2.14. The molecule has 0 aliphatic carbocycles. The highest BCUT2D eigenvalue weighted by atomic mass is 16.3. The van der Waals surface area contributed by atoms with Crippen molar-refractivity contribution < 1.29 is 10.2 Å². The van der Waals surface area contributed by atoms with Crippen molar-refractivity contribution in [2.24, 2.45) is 11.7 Å². The summed E-state index contributed by atoms with van der Waals surface area (Å²) in [5.74, 6) is 0.166. The van der Waals surface area contributed by atoms with E-state index in [1.54, 1.807) is 0 Å². The van der Waals surface area contributed by atoms with E-state index in [1.807, 2.05) is 20.8 Å². The normalized spacial score (nSPS) is 19.5. The van der Waals surface area contributed by atoms with Crippen LogP contribution in [0.2, 0.25) is 0 Å². The zero-order chi connectivity index (χ0) is 14.8. The van der Waals surface area contributed by atoms with Crippen molar-refractivity contribution in [3.63, 3.8) is 0 Å². The first-order chi connectivity index (χ1) is 8.92. The minimum absolute atomic E-state index is 0.140. The maximum absolute atomic E-state index is 10.1. The summed E-state index contributed by atoms with van der Waals surface area (Å²) in [5, 5.41) is 22.9. The summed E-state index contributed by atoms with van der Waals surface area (Å²) < 4.78 is 0. The lowest BCUT2D eigenvalue weighted by molar-refractivity contribution is 0.0421. The number of aliphatic hydroxyl groups is 2. The second kappa shape index (κ2) is 10.4. The third kappa shape index (κ3) is 8.37. The number of unbranched alkanes of at least 4 members (excludes halogenated alkanes) is 1. The second-order valence-corrected chi connectivity index (χ2v) is 5.59. The molecule has 114 valence electrons. The molecule has 0 rings (SSSR count). The van der Waals surface area contributed by atoms with Crippen LogP contribution in [0.15, 0.2) is 12.7 Å². The molecule has 0 aromatic carbocycles. The third-order valence-electron chi connectivity index (χ3n) is 3.59. The van der Waals surface area contributed by atoms with E-state index in [9.17, 15) is 10.2 Å². The van der Waals surface area contributed by atoms with Crippen molar-refractivity contribution in [2.45, 2.75) is 77.3 Å². The van der Waals surface area contributed by atoms with Crippen LogP contribution in [0.5, 0.6) is 0 Å². The van der Waals surface area contributed by atoms with E-state index in [0.29, 0.717) is 0 Å². The van der Waals surface area contributed by atoms with Crippen LogP contribution in [0.1, 0.15) is 52.9 Å². The number of hydrogen-bond acceptors (Lipinski definition) is 4. The van der Waals surface area contributed by atoms with Gasteiger partial charge in [-0.1, -0.05) is 32.8 Å². The van der Waals surface area contributed by atoms with Crippen LogP contribution in [0.4, 0.5) is 0 Å². The fourth-order valence-electron chi connectivity index (χ4n) is 2.10. The van der Waals surface area contributed by atoms with Crippen molar-refractivity contribution in [3.05, 3.63) is 12.7 Å². The predicted octanol–water partition coefficient (Wildman–Crippen LogP) is 1.76. The predicted molar refractivity (Wildman–Crippen MR) is 80.7 cm³/mol. The number of nitrogens with one attached hydrogen (secondary N) is 1. The van der Waals surface area contributed by atoms with E-state index < -0.39 is 12.3 Å². The van der Waals surface area contributed by atoms with E-state index in [2.05, 4.69) is 11.9 Å². The first-order valence-corrected chi connectivity index (χ1v) is 7.42. The summed E-state index contributed by atoms with van der Waals surface area (Å²) in [7, 11) is 0. The van der Waals surface area contributed by atoms with E-state index in [1.165, 1.54) is 6.08 Å². The lowest BCUT2D eigenvalue weighted by Gasteiger charge is -2.27. The van der Waals surface area contributed by atoms with Crippen molar-refractivity contribution >= 4 is 0 Å². The molecule has 0 spiro atoms. The molecule has 0 fully saturated rings. The molecule has 0 saturated heterocycles. The lowest BCUT2D eigenvalue weighted by atomic mass is 9.99. The molecule has 5 unspecified atom stereocenters. The Kier molecular flexibility index (Phi) is 10.1. The average molecular weight is 272 g/mol. The van der Waals surface area contributed by atoms with Gasteiger partial charge in [-0.25, -0.2) is 0 Å². The van der Waals surface area contributed by atoms with Gasteiger partial charge in [0.15, 0.2) is 0 Å². The summed E-state index contributed by atoms with van der Waals surface area (Å²) in [6, 6.07) is 0.115. The summed E-state index contributed by atoms with van der Waals surface area (Å²) in [5.41, 5.74) is 5.70. The Morgan fingerprint density at radius 1 is 1.21 bits per heavy atom. The molecule has 5 N–H and O–H groups in total. The summed E-state index contributed by atoms with van der Waals surface area (Å²) in [4.78, 5) is 0. The summed E-state index contributed by atoms with van der Waals surface area (Å²) in [6.07, 6.45) is 5.20. The molecule has 4 nitrogen and oxygen atoms in total. The minimum Gasteiger partial charge on any atom is -0.387 e. The molecular weight excluding hydrogens is 240 g/mol. The molecule has 0 aromatic rings. The van der Waals surface area contributed by atoms with Gasteiger partial charge in [0, 0.05) is 12.1 Å². The van der Waals surface area contributed by atoms with Gasteiger partial charge in [-0.15, -0.1) is 6.58 Å². The van der Waals surface area contributed by atoms with Gasteiger partial charge in [0.25, 0.3) is 0 Å². The van der Waals surface area contributed by atoms with Crippen LogP contribution in [0, 0.1) is 5.92 Å². The van der Waals surface area contributed by atoms with Crippen molar-refractivity contribution in [2.75, 3.05) is 0 Å². The van der Waals surface area contributed by atoms with Crippen LogP contribution >= 0.6 is 0 Å². The lowest BCUT2D eigenvalue weighted by Crippen LogP contribution is -2.47. The standard InChI is InChI=1S/C15H32N2O2/c1-5-13(14(18)6-2)17-15(19)11(3)9-7-8-10-12(4)16/h6,11-15,17-19H,2,5,7-10,16H2,1,3-4H3. The first-order valence-electron chi connectivity index (χ1n) is 7.42. The van der Waals surface area contributed by atoms with Gasteiger partial charge in [-0.3, -0.25) is 5.32 Å². The smallest absolute Gasteiger partial charge is 0.107 e. The second-order valence-electron chi connectivity index (χ2n) is 5.59. The Bertz CT molecular complexity index is 234. The maximum atomic E-state index is 10.1. The number of hydrogen-bond donors (Lipinski definition) is 4. The topological polar surface area (TPSA) is 78.5 Å². The zero-order valence-corrected chi connectivity index (χ0v) is 12.7. The first kappa shape index (κ1) is 18.6. The molecule has 0 radical (unpaired) electrons. The molecule has 19 heavy (non-hydrogen) atoms. The Balaban J connectivity index is 3.97. The van der Waals surface area contributed by atoms with E-state index in [-0.39, 0.29) is 18.0 Å². The monoisotopic (exact) mass is 272 g/mol. The van der Waals surface area contributed by atoms with Crippen molar-refractivity contribution in [1.29, 1.82) is 0 Å². The van der Waals surface area contributed by atoms with Crippen LogP contribution in [-0.2, 0) is 0 Å². The van der Waals surface area contributed by atoms with Gasteiger partial charge >= 0.3 is 0 Å². The maximum Gasteiger partial charge on any atom is 0.107 e. The quantitative estimate of drug-likeness (QED) is 0.262. The molecule has 0 aromatic heterocycles. The molecule has 0 aliphatic heterocycles. The zero-order valence-electron chi connectivity index (χ0n) is 12.7. The summed E-state index contributed by atoms with van der Waals surface area (Å²) >= 11 is 0. The van der Waals surface area contributed by atoms with Crippen LogP contribution in [0.25, 0.3) is 0 Å². The molecule has 0 aliphatic rings. The van der Waals surface area contributed by atoms with Gasteiger partial charge in [0.2, 0.25) is 0 Å². The van der Waals surface area contributed by atoms with Gasteiger partial charge in [-0.2, -0.15) is 0 Å². The third-order valence-corrected chi connectivity index (χ3v) is 3.59. The number of nitrogens with two attached hydrogens (primary N) is 1. The average Bonchev–Trinajstić information content (AvgIpc) is 2.39. The molecule has 4 heteroatoms. The van der Waals surface area contributed by atoms with Gasteiger partial charge < -0.3 is 15.9 Å². The Morgan fingerprint density at radius 2 is 1.79 bits per heavy atom. The summed E-state index contributed by atoms with van der Waals surface area (Å²) in [6.45, 7) is 9.59. The van der Waals surface area contributed by atoms with Gasteiger partial charge in [-0.05, 0) is 32.1 Å². The SMILES string of the molecule is C=CC(O)C(CC)NC(O)C(C)CCCCC(C)N. The van der Waals surface area contributed by atoms with E-state index >= 15 is 0 Å². The van der Waals surface area contributed by atoms with E-state index in [4.69, 9.17) is 5.73 Å². The van der Waals surface area contributed by atoms with E-state index in [0.717, 1.165) is 32.1 Å². The fourth-order valence-corrected chi connectivity index (χ4v) is 2.10. The van der Waals surface area contributed by atoms with Gasteiger partial charge in [0.05, 0.1) is 6.10 Å². The number of rotatable bonds is 11. The molecule has 5 atom stereocenters. The van der Waals surface area contributed by atoms with Crippen LogP contribution in [0.3, 0.4) is 0 Å². The Labute approximate surface area is 118 Å². The molecule has 0 heterocycles. The Morgan fingerprint density at radius 3 is 2.26 bits per heavy atom.